The molecule has 1 aromatic rings. The van der Waals surface area contributed by atoms with E-state index in [0.29, 0.717) is 12.3 Å². The number of methoxy groups -OCH3 is 1. The quantitative estimate of drug-likeness (QED) is 0.585. The van der Waals surface area contributed by atoms with Crippen molar-refractivity contribution in [3.8, 4) is 0 Å². The van der Waals surface area contributed by atoms with Crippen LogP contribution in [0.3, 0.4) is 0 Å². The Morgan fingerprint density at radius 3 is 2.27 bits per heavy atom. The zero-order valence-corrected chi connectivity index (χ0v) is 10.0. The molecule has 0 amide bonds. The van der Waals surface area contributed by atoms with Gasteiger partial charge in [0.2, 0.25) is 0 Å². The largest absolute Gasteiger partial charge is 0.469 e. The van der Waals surface area contributed by atoms with E-state index in [1.165, 1.54) is 18.2 Å². The van der Waals surface area contributed by atoms with Gasteiger partial charge in [0.25, 0.3) is 0 Å². The van der Waals surface area contributed by atoms with Crippen molar-refractivity contribution in [2.45, 2.75) is 26.1 Å². The molecule has 2 nitrogen and oxygen atoms in total. The minimum Gasteiger partial charge on any atom is -0.469 e. The lowest BCUT2D eigenvalue weighted by atomic mass is 9.99. The van der Waals surface area contributed by atoms with Crippen LogP contribution in [-0.4, -0.2) is 13.1 Å². The van der Waals surface area contributed by atoms with Gasteiger partial charge in [0, 0.05) is 5.88 Å². The number of halogens is 1. The minimum atomic E-state index is -0.232. The van der Waals surface area contributed by atoms with E-state index in [2.05, 4.69) is 4.74 Å². The number of alkyl halides is 1. The molecule has 0 spiro atoms. The highest BCUT2D eigenvalue weighted by molar-refractivity contribution is 6.17. The standard InChI is InChI=1S/C12H15ClO2/c1-8-4-10(6-12(14)15-3)11(7-13)5-9(8)2/h4-5H,6-7H2,1-3H3. The topological polar surface area (TPSA) is 26.3 Å². The van der Waals surface area contributed by atoms with Crippen molar-refractivity contribution in [2.75, 3.05) is 7.11 Å². The van der Waals surface area contributed by atoms with E-state index >= 15 is 0 Å². The second kappa shape index (κ2) is 5.17. The summed E-state index contributed by atoms with van der Waals surface area (Å²) in [5.41, 5.74) is 4.33. The van der Waals surface area contributed by atoms with E-state index in [0.717, 1.165) is 11.1 Å². The zero-order chi connectivity index (χ0) is 11.4. The molecule has 82 valence electrons. The molecule has 0 heterocycles. The molecule has 15 heavy (non-hydrogen) atoms. The normalized spacial score (nSPS) is 10.1. The van der Waals surface area contributed by atoms with Gasteiger partial charge in [-0.3, -0.25) is 4.79 Å². The Balaban J connectivity index is 3.05. The molecule has 0 aliphatic heterocycles. The summed E-state index contributed by atoms with van der Waals surface area (Å²) in [5, 5.41) is 0. The molecule has 0 saturated heterocycles. The first-order valence-electron chi connectivity index (χ1n) is 4.80. The van der Waals surface area contributed by atoms with Crippen molar-refractivity contribution in [1.29, 1.82) is 0 Å². The summed E-state index contributed by atoms with van der Waals surface area (Å²) < 4.78 is 4.64. The highest BCUT2D eigenvalue weighted by Crippen LogP contribution is 2.18. The van der Waals surface area contributed by atoms with Crippen LogP contribution in [0.25, 0.3) is 0 Å². The highest BCUT2D eigenvalue weighted by Gasteiger charge is 2.09. The Morgan fingerprint density at radius 1 is 1.27 bits per heavy atom. The van der Waals surface area contributed by atoms with Gasteiger partial charge in [0.1, 0.15) is 0 Å². The Morgan fingerprint density at radius 2 is 1.80 bits per heavy atom. The van der Waals surface area contributed by atoms with Crippen molar-refractivity contribution in [2.24, 2.45) is 0 Å². The summed E-state index contributed by atoms with van der Waals surface area (Å²) in [6.45, 7) is 4.06. The van der Waals surface area contributed by atoms with Crippen LogP contribution in [0.2, 0.25) is 0 Å². The third kappa shape index (κ3) is 2.96. The van der Waals surface area contributed by atoms with Crippen LogP contribution in [0, 0.1) is 13.8 Å². The van der Waals surface area contributed by atoms with Gasteiger partial charge in [-0.2, -0.15) is 0 Å². The summed E-state index contributed by atoms with van der Waals surface area (Å²) in [6, 6.07) is 4.03. The lowest BCUT2D eigenvalue weighted by Crippen LogP contribution is -2.07. The van der Waals surface area contributed by atoms with E-state index in [1.807, 2.05) is 26.0 Å². The third-order valence-electron chi connectivity index (χ3n) is 2.52. The third-order valence-corrected chi connectivity index (χ3v) is 2.81. The van der Waals surface area contributed by atoms with Crippen molar-refractivity contribution < 1.29 is 9.53 Å². The fourth-order valence-corrected chi connectivity index (χ4v) is 1.70. The van der Waals surface area contributed by atoms with Crippen molar-refractivity contribution >= 4 is 17.6 Å². The maximum Gasteiger partial charge on any atom is 0.309 e. The van der Waals surface area contributed by atoms with Crippen LogP contribution < -0.4 is 0 Å². The van der Waals surface area contributed by atoms with Crippen LogP contribution in [0.1, 0.15) is 22.3 Å². The maximum absolute atomic E-state index is 11.2. The number of carbonyl (C=O) groups excluding carboxylic acids is 1. The molecule has 1 aromatic carbocycles. The van der Waals surface area contributed by atoms with E-state index in [-0.39, 0.29) is 5.97 Å². The van der Waals surface area contributed by atoms with Crippen molar-refractivity contribution in [3.63, 3.8) is 0 Å². The molecular formula is C12H15ClO2. The lowest BCUT2D eigenvalue weighted by Gasteiger charge is -2.09. The van der Waals surface area contributed by atoms with Gasteiger partial charge in [-0.05, 0) is 36.1 Å². The number of carbonyl (C=O) groups is 1. The van der Waals surface area contributed by atoms with Crippen molar-refractivity contribution in [3.05, 3.63) is 34.4 Å². The highest BCUT2D eigenvalue weighted by atomic mass is 35.5. The van der Waals surface area contributed by atoms with Crippen molar-refractivity contribution in [1.82, 2.24) is 0 Å². The molecule has 0 atom stereocenters. The monoisotopic (exact) mass is 226 g/mol. The maximum atomic E-state index is 11.2. The molecule has 0 N–H and O–H groups in total. The lowest BCUT2D eigenvalue weighted by molar-refractivity contribution is -0.139. The molecule has 0 saturated carbocycles. The fourth-order valence-electron chi connectivity index (χ4n) is 1.45. The first-order chi connectivity index (χ1) is 7.08. The van der Waals surface area contributed by atoms with E-state index in [9.17, 15) is 4.79 Å². The van der Waals surface area contributed by atoms with Crippen LogP contribution in [-0.2, 0) is 21.8 Å². The number of ether oxygens (including phenoxy) is 1. The molecule has 0 unspecified atom stereocenters. The molecule has 0 aromatic heterocycles. The molecule has 0 aliphatic carbocycles. The molecular weight excluding hydrogens is 212 g/mol. The average molecular weight is 227 g/mol. The summed E-state index contributed by atoms with van der Waals surface area (Å²) in [5.74, 6) is 0.192. The van der Waals surface area contributed by atoms with Gasteiger partial charge in [-0.15, -0.1) is 11.6 Å². The fraction of sp³-hybridized carbons (Fsp3) is 0.417. The van der Waals surface area contributed by atoms with Gasteiger partial charge in [-0.25, -0.2) is 0 Å². The van der Waals surface area contributed by atoms with Crippen LogP contribution >= 0.6 is 11.6 Å². The molecule has 0 aliphatic rings. The Hall–Kier alpha value is -1.02. The van der Waals surface area contributed by atoms with Gasteiger partial charge >= 0.3 is 5.97 Å². The predicted octanol–water partition coefficient (Wildman–Crippen LogP) is 2.76. The molecule has 0 bridgehead atoms. The Kier molecular flexibility index (Phi) is 4.15. The smallest absolute Gasteiger partial charge is 0.309 e. The summed E-state index contributed by atoms with van der Waals surface area (Å²) in [4.78, 5) is 11.2. The second-order valence-corrected chi connectivity index (χ2v) is 3.86. The van der Waals surface area contributed by atoms with Crippen LogP contribution in [0.5, 0.6) is 0 Å². The summed E-state index contributed by atoms with van der Waals surface area (Å²) in [6.07, 6.45) is 0.291. The number of aryl methyl sites for hydroxylation is 2. The van der Waals surface area contributed by atoms with E-state index < -0.39 is 0 Å². The first kappa shape index (κ1) is 12.1. The number of benzene rings is 1. The van der Waals surface area contributed by atoms with Gasteiger partial charge in [0.05, 0.1) is 13.5 Å². The number of rotatable bonds is 3. The first-order valence-corrected chi connectivity index (χ1v) is 5.33. The number of esters is 1. The van der Waals surface area contributed by atoms with E-state index in [4.69, 9.17) is 11.6 Å². The minimum absolute atomic E-state index is 0.232. The Bertz CT molecular complexity index is 372. The van der Waals surface area contributed by atoms with Gasteiger partial charge < -0.3 is 4.74 Å². The van der Waals surface area contributed by atoms with Gasteiger partial charge in [0.15, 0.2) is 0 Å². The second-order valence-electron chi connectivity index (χ2n) is 3.59. The zero-order valence-electron chi connectivity index (χ0n) is 9.26. The van der Waals surface area contributed by atoms with Crippen LogP contribution in [0.15, 0.2) is 12.1 Å². The Labute approximate surface area is 95.2 Å². The summed E-state index contributed by atoms with van der Waals surface area (Å²) >= 11 is 5.83. The summed E-state index contributed by atoms with van der Waals surface area (Å²) in [7, 11) is 1.39. The molecule has 0 fully saturated rings. The van der Waals surface area contributed by atoms with Gasteiger partial charge in [-0.1, -0.05) is 12.1 Å². The van der Waals surface area contributed by atoms with E-state index in [1.54, 1.807) is 0 Å². The number of hydrogen-bond acceptors (Lipinski definition) is 2. The molecule has 1 rings (SSSR count). The molecule has 0 radical (unpaired) electrons. The average Bonchev–Trinajstić information content (AvgIpc) is 2.22. The molecule has 3 heteroatoms. The SMILES string of the molecule is COC(=O)Cc1cc(C)c(C)cc1CCl. The predicted molar refractivity (Wildman–Crippen MR) is 61.2 cm³/mol. The van der Waals surface area contributed by atoms with Crippen LogP contribution in [0.4, 0.5) is 0 Å². The number of hydrogen-bond donors (Lipinski definition) is 0.